The van der Waals surface area contributed by atoms with Crippen molar-refractivity contribution in [3.8, 4) is 11.1 Å². The number of nitrogens with one attached hydrogen (secondary N) is 3. The third kappa shape index (κ3) is 6.63. The van der Waals surface area contributed by atoms with E-state index in [1.165, 1.54) is 23.0 Å². The van der Waals surface area contributed by atoms with Gasteiger partial charge in [0, 0.05) is 23.5 Å². The molecule has 4 rings (SSSR count). The molecule has 0 unspecified atom stereocenters. The lowest BCUT2D eigenvalue weighted by Crippen LogP contribution is -2.52. The van der Waals surface area contributed by atoms with E-state index in [2.05, 4.69) is 59.9 Å². The molecule has 0 saturated carbocycles. The summed E-state index contributed by atoms with van der Waals surface area (Å²) in [5.41, 5.74) is 1.74. The van der Waals surface area contributed by atoms with Crippen molar-refractivity contribution >= 4 is 91.0 Å². The maximum Gasteiger partial charge on any atom is 0.281 e. The summed E-state index contributed by atoms with van der Waals surface area (Å²) in [6, 6.07) is 6.24. The number of allylic oxidation sites excluding steroid dienone is 5. The average molecular weight is 544 g/mol. The SMILES string of the molecule is BC(B)(B)N/C=C1/C=C(n2nc3ccc(NC(B)(B)C(B)(B)B)nc3c(-c3ccc(C(F)F)nc3)c2=O)C=CC1=N. The van der Waals surface area contributed by atoms with E-state index in [1.807, 2.05) is 23.5 Å². The van der Waals surface area contributed by atoms with Crippen molar-refractivity contribution in [3.05, 3.63) is 76.5 Å². The van der Waals surface area contributed by atoms with E-state index < -0.39 is 12.0 Å². The highest BCUT2D eigenvalue weighted by Gasteiger charge is 2.32. The van der Waals surface area contributed by atoms with Crippen LogP contribution in [0.3, 0.4) is 0 Å². The Labute approximate surface area is 245 Å². The molecule has 3 aromatic rings. The normalized spacial score (nSPS) is 15.3. The summed E-state index contributed by atoms with van der Waals surface area (Å²) in [6.45, 7) is 0. The summed E-state index contributed by atoms with van der Waals surface area (Å²) < 4.78 is 27.8. The minimum atomic E-state index is -2.73. The van der Waals surface area contributed by atoms with Crippen LogP contribution in [0.15, 0.2) is 65.3 Å². The van der Waals surface area contributed by atoms with Gasteiger partial charge in [-0.15, -0.1) is 5.11 Å². The Morgan fingerprint density at radius 2 is 1.71 bits per heavy atom. The molecule has 41 heavy (non-hydrogen) atoms. The van der Waals surface area contributed by atoms with Crippen LogP contribution in [0.2, 0.25) is 5.11 Å². The fraction of sp³-hybridized carbons (Fsp3) is 0.174. The van der Waals surface area contributed by atoms with Crippen LogP contribution in [0.1, 0.15) is 12.1 Å². The van der Waals surface area contributed by atoms with Crippen LogP contribution in [-0.4, -0.2) is 98.8 Å². The molecular formula is C23H29B8F2N7O. The van der Waals surface area contributed by atoms with Crippen LogP contribution in [0.5, 0.6) is 0 Å². The lowest BCUT2D eigenvalue weighted by Gasteiger charge is -2.41. The van der Waals surface area contributed by atoms with Gasteiger partial charge in [-0.1, -0.05) is 11.3 Å². The Kier molecular flexibility index (Phi) is 8.08. The van der Waals surface area contributed by atoms with Crippen LogP contribution in [0.4, 0.5) is 14.6 Å². The zero-order valence-corrected chi connectivity index (χ0v) is 24.7. The number of hydrogen-bond donors (Lipinski definition) is 3. The molecule has 8 nitrogen and oxygen atoms in total. The molecule has 3 aromatic heterocycles. The number of aromatic nitrogens is 4. The standard InChI is InChI=1S/C23H29B8F2N7O/c24-21(25,26)22(27,28)38-16-6-5-14-18(37-16)17(10-1-4-15(19(32)33)35-8-10)20(41)40(39-14)12-2-3-13(34)11(7-12)9-36-23(29,30)31/h1-9,19,34,36H,24-31H2,(H,37,38)/b11-9-,34-13?. The van der Waals surface area contributed by atoms with Gasteiger partial charge in [-0.05, 0) is 41.8 Å². The van der Waals surface area contributed by atoms with E-state index in [-0.39, 0.29) is 32.7 Å². The molecule has 0 bridgehead atoms. The van der Waals surface area contributed by atoms with Gasteiger partial charge in [0.15, 0.2) is 0 Å². The monoisotopic (exact) mass is 545 g/mol. The molecule has 0 atom stereocenters. The number of anilines is 1. The number of nitrogens with zero attached hydrogens (tertiary/aromatic N) is 4. The number of pyridine rings is 2. The van der Waals surface area contributed by atoms with Gasteiger partial charge >= 0.3 is 0 Å². The van der Waals surface area contributed by atoms with Crippen LogP contribution in [-0.2, 0) is 0 Å². The Bertz CT molecular complexity index is 1660. The first-order chi connectivity index (χ1) is 19.0. The van der Waals surface area contributed by atoms with E-state index in [4.69, 9.17) is 10.4 Å². The maximum absolute atomic E-state index is 14.1. The summed E-state index contributed by atoms with van der Waals surface area (Å²) in [7, 11) is 16.5. The van der Waals surface area contributed by atoms with Crippen LogP contribution >= 0.6 is 0 Å². The first-order valence-electron chi connectivity index (χ1n) is 13.4. The van der Waals surface area contributed by atoms with Crippen molar-refractivity contribution in [2.75, 3.05) is 5.32 Å². The molecule has 0 amide bonds. The lowest BCUT2D eigenvalue weighted by atomic mass is 9.26. The summed E-state index contributed by atoms with van der Waals surface area (Å²) in [6.07, 6.45) is 5.22. The van der Waals surface area contributed by atoms with Crippen molar-refractivity contribution in [2.24, 2.45) is 0 Å². The van der Waals surface area contributed by atoms with E-state index >= 15 is 0 Å². The summed E-state index contributed by atoms with van der Waals surface area (Å²) in [4.78, 5) is 22.7. The zero-order chi connectivity index (χ0) is 30.3. The van der Waals surface area contributed by atoms with Crippen LogP contribution in [0, 0.1) is 5.41 Å². The molecular weight excluding hydrogens is 515 g/mol. The smallest absolute Gasteiger partial charge is 0.281 e. The summed E-state index contributed by atoms with van der Waals surface area (Å²) in [5.74, 6) is 0.554. The van der Waals surface area contributed by atoms with Crippen LogP contribution in [0.25, 0.3) is 27.9 Å². The van der Waals surface area contributed by atoms with Gasteiger partial charge in [0.05, 0.1) is 40.5 Å². The number of fused-ring (bicyclic) bond motifs is 1. The third-order valence-corrected chi connectivity index (χ3v) is 7.28. The van der Waals surface area contributed by atoms with E-state index in [9.17, 15) is 13.6 Å². The van der Waals surface area contributed by atoms with Crippen molar-refractivity contribution in [2.45, 2.75) is 22.1 Å². The third-order valence-electron chi connectivity index (χ3n) is 7.28. The summed E-state index contributed by atoms with van der Waals surface area (Å²) in [5, 5.41) is 19.0. The maximum atomic E-state index is 14.1. The van der Waals surface area contributed by atoms with Gasteiger partial charge in [0.25, 0.3) is 12.0 Å². The molecule has 0 aliphatic heterocycles. The second-order valence-electron chi connectivity index (χ2n) is 12.7. The first kappa shape index (κ1) is 30.3. The van der Waals surface area contributed by atoms with Crippen molar-refractivity contribution < 1.29 is 8.78 Å². The van der Waals surface area contributed by atoms with E-state index in [0.717, 1.165) is 0 Å². The predicted molar refractivity (Wildman–Crippen MR) is 184 cm³/mol. The van der Waals surface area contributed by atoms with Gasteiger partial charge in [-0.2, -0.15) is 9.78 Å². The van der Waals surface area contributed by atoms with Gasteiger partial charge in [-0.3, -0.25) is 9.78 Å². The Morgan fingerprint density at radius 3 is 2.29 bits per heavy atom. The fourth-order valence-corrected chi connectivity index (χ4v) is 3.87. The molecule has 200 valence electrons. The first-order valence-corrected chi connectivity index (χ1v) is 13.4. The number of halogens is 2. The average Bonchev–Trinajstić information content (AvgIpc) is 2.87. The predicted octanol–water partition coefficient (Wildman–Crippen LogP) is -4.49. The summed E-state index contributed by atoms with van der Waals surface area (Å²) >= 11 is 0. The number of alkyl halides is 2. The van der Waals surface area contributed by atoms with Crippen molar-refractivity contribution in [1.82, 2.24) is 25.1 Å². The number of hydrogen-bond acceptors (Lipinski definition) is 7. The van der Waals surface area contributed by atoms with Crippen LogP contribution < -0.4 is 16.2 Å². The minimum absolute atomic E-state index is 0.107. The second kappa shape index (κ2) is 10.9. The largest absolute Gasteiger partial charge is 0.408 e. The topological polar surface area (TPSA) is 109 Å². The van der Waals surface area contributed by atoms with Gasteiger partial charge in [0.2, 0.25) is 0 Å². The van der Waals surface area contributed by atoms with Crippen molar-refractivity contribution in [3.63, 3.8) is 0 Å². The quantitative estimate of drug-likeness (QED) is 0.247. The molecule has 0 fully saturated rings. The van der Waals surface area contributed by atoms with Gasteiger partial charge in [-0.25, -0.2) is 13.8 Å². The van der Waals surface area contributed by atoms with Gasteiger partial charge in [0.1, 0.15) is 61.8 Å². The molecule has 18 heteroatoms. The Morgan fingerprint density at radius 1 is 1.00 bits per heavy atom. The number of rotatable bonds is 8. The molecule has 0 spiro atoms. The zero-order valence-electron chi connectivity index (χ0n) is 24.7. The fourth-order valence-electron chi connectivity index (χ4n) is 3.87. The van der Waals surface area contributed by atoms with E-state index in [1.54, 1.807) is 36.6 Å². The Balaban J connectivity index is 1.93. The highest BCUT2D eigenvalue weighted by atomic mass is 19.3. The van der Waals surface area contributed by atoms with Gasteiger partial charge < -0.3 is 16.0 Å². The minimum Gasteiger partial charge on any atom is -0.408 e. The molecule has 0 saturated heterocycles. The highest BCUT2D eigenvalue weighted by Crippen LogP contribution is 2.30. The molecule has 3 N–H and O–H groups in total. The molecule has 1 aliphatic carbocycles. The Hall–Kier alpha value is -3.69. The molecule has 1 aliphatic rings. The molecule has 3 heterocycles. The molecule has 0 aromatic carbocycles. The molecule has 0 radical (unpaired) electrons. The lowest BCUT2D eigenvalue weighted by molar-refractivity contribution is 0.146. The van der Waals surface area contributed by atoms with Crippen molar-refractivity contribution in [1.29, 1.82) is 5.41 Å². The second-order valence-corrected chi connectivity index (χ2v) is 12.7. The highest BCUT2D eigenvalue weighted by molar-refractivity contribution is 6.67. The van der Waals surface area contributed by atoms with E-state index in [0.29, 0.717) is 33.7 Å².